The number of hydrogen-bond acceptors (Lipinski definition) is 8. The number of alkyl halides is 2. The first-order chi connectivity index (χ1) is 18.4. The van der Waals surface area contributed by atoms with Crippen molar-refractivity contribution in [2.24, 2.45) is 0 Å². The Morgan fingerprint density at radius 3 is 2.47 bits per heavy atom. The SMILES string of the molecule is O=C1N(Cc2ccc(-c3nnc(C(F)F)o3)cn2)C(=O)C2(CCN(C3COC3)CC2)N1c1cccc(F)c1. The second kappa shape index (κ2) is 9.48. The zero-order chi connectivity index (χ0) is 26.4. The van der Waals surface area contributed by atoms with E-state index < -0.39 is 29.7 Å². The Labute approximate surface area is 215 Å². The van der Waals surface area contributed by atoms with Gasteiger partial charge in [0.1, 0.15) is 11.4 Å². The quantitative estimate of drug-likeness (QED) is 0.449. The Bertz CT molecular complexity index is 1360. The Morgan fingerprint density at radius 1 is 1.08 bits per heavy atom. The van der Waals surface area contributed by atoms with Crippen LogP contribution in [-0.4, -0.2) is 74.8 Å². The van der Waals surface area contributed by atoms with Crippen LogP contribution in [0.5, 0.6) is 0 Å². The van der Waals surface area contributed by atoms with Gasteiger partial charge < -0.3 is 9.15 Å². The van der Waals surface area contributed by atoms with Gasteiger partial charge in [0, 0.05) is 25.0 Å². The van der Waals surface area contributed by atoms with Gasteiger partial charge in [-0.05, 0) is 43.2 Å². The summed E-state index contributed by atoms with van der Waals surface area (Å²) in [4.78, 5) is 36.7. The molecule has 0 N–H and O–H groups in total. The summed E-state index contributed by atoms with van der Waals surface area (Å²) in [6.45, 7) is 2.38. The second-order valence-electron chi connectivity index (χ2n) is 9.53. The summed E-state index contributed by atoms with van der Waals surface area (Å²) in [6.07, 6.45) is -0.741. The molecular formula is C25H23F3N6O4. The van der Waals surface area contributed by atoms with E-state index in [9.17, 15) is 22.8 Å². The van der Waals surface area contributed by atoms with Crippen molar-refractivity contribution < 1.29 is 31.9 Å². The molecule has 0 aliphatic carbocycles. The maximum absolute atomic E-state index is 14.2. The average Bonchev–Trinajstić information content (AvgIpc) is 3.44. The van der Waals surface area contributed by atoms with Crippen LogP contribution in [-0.2, 0) is 16.1 Å². The van der Waals surface area contributed by atoms with Gasteiger partial charge in [-0.15, -0.1) is 10.2 Å². The summed E-state index contributed by atoms with van der Waals surface area (Å²) in [5, 5.41) is 6.90. The average molecular weight is 528 g/mol. The molecule has 198 valence electrons. The third-order valence-electron chi connectivity index (χ3n) is 7.34. The van der Waals surface area contributed by atoms with Crippen molar-refractivity contribution in [2.75, 3.05) is 31.2 Å². The molecule has 3 aromatic rings. The largest absolute Gasteiger partial charge is 0.415 e. The van der Waals surface area contributed by atoms with Crippen molar-refractivity contribution in [2.45, 2.75) is 37.4 Å². The van der Waals surface area contributed by atoms with E-state index in [2.05, 4.69) is 20.1 Å². The van der Waals surface area contributed by atoms with Crippen molar-refractivity contribution in [1.82, 2.24) is 25.0 Å². The lowest BCUT2D eigenvalue weighted by Gasteiger charge is -2.46. The third-order valence-corrected chi connectivity index (χ3v) is 7.34. The molecule has 13 heteroatoms. The van der Waals surface area contributed by atoms with Crippen molar-refractivity contribution in [3.05, 3.63) is 60.0 Å². The minimum Gasteiger partial charge on any atom is -0.415 e. The highest BCUT2D eigenvalue weighted by molar-refractivity contribution is 6.16. The maximum Gasteiger partial charge on any atom is 0.332 e. The highest BCUT2D eigenvalue weighted by Crippen LogP contribution is 2.42. The number of rotatable bonds is 6. The number of pyridine rings is 1. The van der Waals surface area contributed by atoms with Gasteiger partial charge in [-0.1, -0.05) is 6.07 Å². The Morgan fingerprint density at radius 2 is 1.87 bits per heavy atom. The Kier molecular flexibility index (Phi) is 6.11. The van der Waals surface area contributed by atoms with Crippen molar-refractivity contribution in [3.63, 3.8) is 0 Å². The van der Waals surface area contributed by atoms with Crippen LogP contribution in [0.3, 0.4) is 0 Å². The fraction of sp³-hybridized carbons (Fsp3) is 0.400. The van der Waals surface area contributed by atoms with Gasteiger partial charge in [-0.2, -0.15) is 8.78 Å². The van der Waals surface area contributed by atoms with Crippen LogP contribution in [0.25, 0.3) is 11.5 Å². The zero-order valence-electron chi connectivity index (χ0n) is 20.1. The lowest BCUT2D eigenvalue weighted by molar-refractivity contribution is -0.134. The minimum absolute atomic E-state index is 0.113. The van der Waals surface area contributed by atoms with Crippen LogP contribution in [0, 0.1) is 5.82 Å². The summed E-state index contributed by atoms with van der Waals surface area (Å²) in [5.74, 6) is -1.78. The van der Waals surface area contributed by atoms with Crippen LogP contribution in [0.15, 0.2) is 47.0 Å². The molecule has 3 amide bonds. The Balaban J connectivity index is 1.26. The van der Waals surface area contributed by atoms with E-state index in [4.69, 9.17) is 9.15 Å². The number of hydrogen-bond donors (Lipinski definition) is 0. The fourth-order valence-electron chi connectivity index (χ4n) is 5.23. The van der Waals surface area contributed by atoms with E-state index in [0.717, 1.165) is 4.90 Å². The maximum atomic E-state index is 14.2. The van der Waals surface area contributed by atoms with Gasteiger partial charge in [-0.3, -0.25) is 24.5 Å². The number of aromatic nitrogens is 3. The highest BCUT2D eigenvalue weighted by atomic mass is 19.3. The van der Waals surface area contributed by atoms with Gasteiger partial charge in [0.2, 0.25) is 5.89 Å². The molecule has 0 radical (unpaired) electrons. The molecule has 10 nitrogen and oxygen atoms in total. The summed E-state index contributed by atoms with van der Waals surface area (Å²) in [5.41, 5.74) is -0.107. The van der Waals surface area contributed by atoms with Crippen molar-refractivity contribution >= 4 is 17.6 Å². The van der Waals surface area contributed by atoms with Crippen LogP contribution in [0.2, 0.25) is 0 Å². The van der Waals surface area contributed by atoms with Crippen LogP contribution in [0.1, 0.15) is 30.9 Å². The molecule has 6 rings (SSSR count). The van der Waals surface area contributed by atoms with E-state index in [1.165, 1.54) is 35.4 Å². The smallest absolute Gasteiger partial charge is 0.332 e. The number of nitrogens with zero attached hydrogens (tertiary/aromatic N) is 6. The summed E-state index contributed by atoms with van der Waals surface area (Å²) in [6, 6.07) is 8.52. The number of carbonyl (C=O) groups excluding carboxylic acids is 2. The second-order valence-corrected chi connectivity index (χ2v) is 9.53. The van der Waals surface area contributed by atoms with Crippen LogP contribution >= 0.6 is 0 Å². The van der Waals surface area contributed by atoms with E-state index in [-0.39, 0.29) is 18.3 Å². The molecule has 1 spiro atoms. The zero-order valence-corrected chi connectivity index (χ0v) is 20.1. The van der Waals surface area contributed by atoms with Crippen LogP contribution < -0.4 is 4.90 Å². The summed E-state index contributed by atoms with van der Waals surface area (Å²) >= 11 is 0. The monoisotopic (exact) mass is 528 g/mol. The van der Waals surface area contributed by atoms with Gasteiger partial charge >= 0.3 is 12.5 Å². The number of halogens is 3. The predicted octanol–water partition coefficient (Wildman–Crippen LogP) is 3.41. The number of imide groups is 1. The highest BCUT2D eigenvalue weighted by Gasteiger charge is 2.59. The normalized spacial score (nSPS) is 20.1. The van der Waals surface area contributed by atoms with E-state index in [1.807, 2.05) is 0 Å². The van der Waals surface area contributed by atoms with Gasteiger partial charge in [0.25, 0.3) is 11.8 Å². The lowest BCUT2D eigenvalue weighted by atomic mass is 9.84. The first-order valence-electron chi connectivity index (χ1n) is 12.2. The molecule has 3 saturated heterocycles. The number of carbonyl (C=O) groups is 2. The minimum atomic E-state index is -2.89. The molecule has 3 aliphatic heterocycles. The third kappa shape index (κ3) is 4.11. The molecule has 0 atom stereocenters. The van der Waals surface area contributed by atoms with Gasteiger partial charge in [0.05, 0.1) is 37.1 Å². The molecule has 3 aliphatic rings. The number of ether oxygens (including phenoxy) is 1. The topological polar surface area (TPSA) is 105 Å². The molecule has 0 bridgehead atoms. The molecule has 0 unspecified atom stereocenters. The molecule has 38 heavy (non-hydrogen) atoms. The standard InChI is InChI=1S/C25H23F3N6O4/c26-16-2-1-3-18(10-16)34-24(36)33(23(35)25(34)6-8-32(9-7-25)19-13-37-14-19)12-17-5-4-15(11-29-17)21-30-31-22(38-21)20(27)28/h1-5,10-11,19-20H,6-9,12-14H2. The number of piperidine rings is 1. The predicted molar refractivity (Wildman–Crippen MR) is 125 cm³/mol. The first-order valence-corrected chi connectivity index (χ1v) is 12.2. The number of urea groups is 1. The summed E-state index contributed by atoms with van der Waals surface area (Å²) in [7, 11) is 0. The molecule has 0 saturated carbocycles. The number of anilines is 1. The molecule has 2 aromatic heterocycles. The number of amides is 3. The van der Waals surface area contributed by atoms with Crippen molar-refractivity contribution in [1.29, 1.82) is 0 Å². The first kappa shape index (κ1) is 24.5. The van der Waals surface area contributed by atoms with E-state index in [0.29, 0.717) is 62.1 Å². The van der Waals surface area contributed by atoms with Crippen LogP contribution in [0.4, 0.5) is 23.7 Å². The van der Waals surface area contributed by atoms with Crippen molar-refractivity contribution in [3.8, 4) is 11.5 Å². The van der Waals surface area contributed by atoms with Gasteiger partial charge in [-0.25, -0.2) is 9.18 Å². The summed E-state index contributed by atoms with van der Waals surface area (Å²) < 4.78 is 49.9. The van der Waals surface area contributed by atoms with Gasteiger partial charge in [0.15, 0.2) is 0 Å². The molecule has 1 aromatic carbocycles. The fourth-order valence-corrected chi connectivity index (χ4v) is 5.23. The lowest BCUT2D eigenvalue weighted by Crippen LogP contribution is -2.60. The number of benzene rings is 1. The Hall–Kier alpha value is -3.84. The van der Waals surface area contributed by atoms with E-state index in [1.54, 1.807) is 12.1 Å². The number of likely N-dealkylation sites (tertiary alicyclic amines) is 1. The molecule has 5 heterocycles. The van der Waals surface area contributed by atoms with E-state index >= 15 is 0 Å². The molecule has 3 fully saturated rings. The molecular weight excluding hydrogens is 505 g/mol.